The highest BCUT2D eigenvalue weighted by Gasteiger charge is 2.46. The first kappa shape index (κ1) is 29.8. The summed E-state index contributed by atoms with van der Waals surface area (Å²) >= 11 is 0. The van der Waals surface area contributed by atoms with Crippen molar-refractivity contribution in [3.8, 4) is 11.5 Å². The van der Waals surface area contributed by atoms with Gasteiger partial charge in [-0.2, -0.15) is 0 Å². The van der Waals surface area contributed by atoms with Gasteiger partial charge in [0.05, 0.1) is 24.3 Å². The van der Waals surface area contributed by atoms with Gasteiger partial charge in [-0.1, -0.05) is 45.0 Å². The summed E-state index contributed by atoms with van der Waals surface area (Å²) in [5, 5.41) is 11.6. The number of halogens is 1. The molecule has 1 saturated heterocycles. The third-order valence-electron chi connectivity index (χ3n) is 7.02. The minimum absolute atomic E-state index is 0.0149. The van der Waals surface area contributed by atoms with Gasteiger partial charge in [0.1, 0.15) is 23.1 Å². The van der Waals surface area contributed by atoms with Gasteiger partial charge in [-0.15, -0.1) is 0 Å². The van der Waals surface area contributed by atoms with Crippen LogP contribution >= 0.6 is 0 Å². The van der Waals surface area contributed by atoms with E-state index in [1.807, 2.05) is 59.7 Å². The molecule has 7 heteroatoms. The lowest BCUT2D eigenvalue weighted by molar-refractivity contribution is -0.139. The van der Waals surface area contributed by atoms with Crippen molar-refractivity contribution in [1.29, 1.82) is 0 Å². The van der Waals surface area contributed by atoms with Gasteiger partial charge in [-0.05, 0) is 86.2 Å². The minimum atomic E-state index is -0.812. The molecule has 0 bridgehead atoms. The Balaban J connectivity index is 1.81. The van der Waals surface area contributed by atoms with Crippen molar-refractivity contribution >= 4 is 17.4 Å². The van der Waals surface area contributed by atoms with E-state index in [2.05, 4.69) is 0 Å². The number of aliphatic hydroxyl groups excluding tert-OH is 1. The molecule has 0 aliphatic carbocycles. The minimum Gasteiger partial charge on any atom is -0.507 e. The Morgan fingerprint density at radius 3 is 2.24 bits per heavy atom. The molecule has 3 aromatic rings. The first-order chi connectivity index (χ1) is 19.4. The van der Waals surface area contributed by atoms with Gasteiger partial charge >= 0.3 is 0 Å². The third kappa shape index (κ3) is 6.62. The second kappa shape index (κ2) is 12.2. The standard InChI is InChI=1S/C34H38FNO5/c1-7-40-28-17-12-24(20-27(28)34(4,5)6)31(37)29-30(23-10-15-26(16-11-23)41-21(2)3)36(33(39)32(29)38)19-18-22-8-13-25(35)14-9-22/h8-17,20-21,30,37H,7,18-19H2,1-6H3/b31-29-. The summed E-state index contributed by atoms with van der Waals surface area (Å²) in [6.07, 6.45) is 0.397. The van der Waals surface area contributed by atoms with Crippen molar-refractivity contribution in [2.45, 2.75) is 65.5 Å². The number of rotatable bonds is 9. The van der Waals surface area contributed by atoms with Crippen molar-refractivity contribution < 1.29 is 28.6 Å². The van der Waals surface area contributed by atoms with Crippen LogP contribution in [0, 0.1) is 5.82 Å². The van der Waals surface area contributed by atoms with Gasteiger partial charge in [0, 0.05) is 17.7 Å². The van der Waals surface area contributed by atoms with Crippen LogP contribution in [0.4, 0.5) is 4.39 Å². The Bertz CT molecular complexity index is 1440. The summed E-state index contributed by atoms with van der Waals surface area (Å²) < 4.78 is 25.1. The first-order valence-electron chi connectivity index (χ1n) is 14.0. The summed E-state index contributed by atoms with van der Waals surface area (Å²) in [4.78, 5) is 28.4. The van der Waals surface area contributed by atoms with Gasteiger partial charge < -0.3 is 19.5 Å². The number of hydrogen-bond donors (Lipinski definition) is 1. The van der Waals surface area contributed by atoms with Crippen LogP contribution in [0.5, 0.6) is 11.5 Å². The molecule has 1 aliphatic heterocycles. The van der Waals surface area contributed by atoms with Crippen LogP contribution in [0.25, 0.3) is 5.76 Å². The number of nitrogens with zero attached hydrogens (tertiary/aromatic N) is 1. The zero-order valence-electron chi connectivity index (χ0n) is 24.5. The lowest BCUT2D eigenvalue weighted by atomic mass is 9.84. The highest BCUT2D eigenvalue weighted by molar-refractivity contribution is 6.46. The zero-order chi connectivity index (χ0) is 29.9. The van der Waals surface area contributed by atoms with Crippen LogP contribution in [0.3, 0.4) is 0 Å². The van der Waals surface area contributed by atoms with E-state index in [4.69, 9.17) is 9.47 Å². The van der Waals surface area contributed by atoms with Gasteiger partial charge in [-0.25, -0.2) is 4.39 Å². The maximum Gasteiger partial charge on any atom is 0.295 e. The molecule has 0 saturated carbocycles. The summed E-state index contributed by atoms with van der Waals surface area (Å²) in [5.74, 6) is -0.665. The molecule has 0 aromatic heterocycles. The van der Waals surface area contributed by atoms with Gasteiger partial charge in [-0.3, -0.25) is 9.59 Å². The Kier molecular flexibility index (Phi) is 8.86. The SMILES string of the molecule is CCOc1ccc(/C(O)=C2/C(=O)C(=O)N(CCc3ccc(F)cc3)C2c2ccc(OC(C)C)cc2)cc1C(C)(C)C. The molecule has 6 nitrogen and oxygen atoms in total. The second-order valence-electron chi connectivity index (χ2n) is 11.5. The number of benzene rings is 3. The number of Topliss-reactive ketones (excluding diaryl/α,β-unsaturated/α-hetero) is 1. The van der Waals surface area contributed by atoms with Crippen LogP contribution in [0.2, 0.25) is 0 Å². The molecule has 3 aromatic carbocycles. The molecule has 1 N–H and O–H groups in total. The van der Waals surface area contributed by atoms with Crippen LogP contribution in [-0.4, -0.2) is 41.0 Å². The highest BCUT2D eigenvalue weighted by Crippen LogP contribution is 2.41. The topological polar surface area (TPSA) is 76.1 Å². The number of ketones is 1. The number of carbonyl (C=O) groups excluding carboxylic acids is 2. The normalized spacial score (nSPS) is 16.9. The monoisotopic (exact) mass is 559 g/mol. The maximum atomic E-state index is 13.5. The lowest BCUT2D eigenvalue weighted by Crippen LogP contribution is -2.31. The fraction of sp³-hybridized carbons (Fsp3) is 0.353. The van der Waals surface area contributed by atoms with Crippen LogP contribution < -0.4 is 9.47 Å². The average Bonchev–Trinajstić information content (AvgIpc) is 3.17. The molecule has 0 spiro atoms. The fourth-order valence-corrected chi connectivity index (χ4v) is 5.06. The van der Waals surface area contributed by atoms with E-state index < -0.39 is 17.7 Å². The molecule has 4 rings (SSSR count). The summed E-state index contributed by atoms with van der Waals surface area (Å²) in [6.45, 7) is 12.6. The maximum absolute atomic E-state index is 13.5. The van der Waals surface area contributed by atoms with E-state index in [-0.39, 0.29) is 35.2 Å². The summed E-state index contributed by atoms with van der Waals surface area (Å²) in [5.41, 5.74) is 2.53. The molecule has 1 aliphatic rings. The first-order valence-corrected chi connectivity index (χ1v) is 14.0. The molecule has 0 radical (unpaired) electrons. The number of ether oxygens (including phenoxy) is 2. The molecule has 1 fully saturated rings. The quantitative estimate of drug-likeness (QED) is 0.174. The van der Waals surface area contributed by atoms with Crippen molar-refractivity contribution in [1.82, 2.24) is 4.90 Å². The number of amides is 1. The van der Waals surface area contributed by atoms with Crippen LogP contribution in [0.15, 0.2) is 72.3 Å². The predicted octanol–water partition coefficient (Wildman–Crippen LogP) is 6.97. The van der Waals surface area contributed by atoms with E-state index in [9.17, 15) is 19.1 Å². The Hall–Kier alpha value is -4.13. The summed E-state index contributed by atoms with van der Waals surface area (Å²) in [6, 6.07) is 17.8. The molecule has 1 amide bonds. The average molecular weight is 560 g/mol. The molecule has 216 valence electrons. The van der Waals surface area contributed by atoms with Crippen molar-refractivity contribution in [3.63, 3.8) is 0 Å². The third-order valence-corrected chi connectivity index (χ3v) is 7.02. The Labute approximate surface area is 241 Å². The smallest absolute Gasteiger partial charge is 0.295 e. The van der Waals surface area contributed by atoms with Gasteiger partial charge in [0.2, 0.25) is 0 Å². The lowest BCUT2D eigenvalue weighted by Gasteiger charge is -2.26. The molecule has 1 heterocycles. The molecule has 1 atom stereocenters. The van der Waals surface area contributed by atoms with Crippen molar-refractivity contribution in [2.75, 3.05) is 13.2 Å². The highest BCUT2D eigenvalue weighted by atomic mass is 19.1. The van der Waals surface area contributed by atoms with Crippen molar-refractivity contribution in [2.24, 2.45) is 0 Å². The predicted molar refractivity (Wildman–Crippen MR) is 158 cm³/mol. The number of hydrogen-bond acceptors (Lipinski definition) is 5. The Morgan fingerprint density at radius 1 is 1.00 bits per heavy atom. The van der Waals surface area contributed by atoms with Crippen LogP contribution in [0.1, 0.15) is 69.8 Å². The van der Waals surface area contributed by atoms with E-state index in [1.54, 1.807) is 36.4 Å². The zero-order valence-corrected chi connectivity index (χ0v) is 24.5. The van der Waals surface area contributed by atoms with E-state index in [0.29, 0.717) is 35.7 Å². The number of carbonyl (C=O) groups is 2. The fourth-order valence-electron chi connectivity index (χ4n) is 5.06. The molecule has 1 unspecified atom stereocenters. The largest absolute Gasteiger partial charge is 0.507 e. The van der Waals surface area contributed by atoms with E-state index in [1.165, 1.54) is 17.0 Å². The molecule has 41 heavy (non-hydrogen) atoms. The van der Waals surface area contributed by atoms with Crippen LogP contribution in [-0.2, 0) is 21.4 Å². The Morgan fingerprint density at radius 2 is 1.66 bits per heavy atom. The van der Waals surface area contributed by atoms with Gasteiger partial charge in [0.15, 0.2) is 0 Å². The van der Waals surface area contributed by atoms with Crippen molar-refractivity contribution in [3.05, 3.63) is 100 Å². The van der Waals surface area contributed by atoms with E-state index in [0.717, 1.165) is 11.1 Å². The molecular formula is C34H38FNO5. The summed E-state index contributed by atoms with van der Waals surface area (Å²) in [7, 11) is 0. The number of aliphatic hydroxyl groups is 1. The van der Waals surface area contributed by atoms with Gasteiger partial charge in [0.25, 0.3) is 11.7 Å². The number of likely N-dealkylation sites (tertiary alicyclic amines) is 1. The second-order valence-corrected chi connectivity index (χ2v) is 11.5. The molecular weight excluding hydrogens is 521 g/mol. The van der Waals surface area contributed by atoms with E-state index >= 15 is 0 Å².